The van der Waals surface area contributed by atoms with E-state index in [1.165, 1.54) is 0 Å². The standard InChI is InChI=1S/C21H22ClN3O3/c1-11-19(12(2)25(24-11)10-15-5-3-4-6-16(15)22)23-20(26)17-13-7-8-14(9-13)18(17)21(27)28/h3-8,13-14,17-18H,9-10H2,1-2H3,(H,23,26)(H,27,28). The highest BCUT2D eigenvalue weighted by molar-refractivity contribution is 6.31. The third-order valence-corrected chi connectivity index (χ3v) is 6.32. The lowest BCUT2D eigenvalue weighted by molar-refractivity contribution is -0.146. The minimum atomic E-state index is -0.903. The van der Waals surface area contributed by atoms with E-state index < -0.39 is 17.8 Å². The van der Waals surface area contributed by atoms with E-state index in [2.05, 4.69) is 10.4 Å². The molecule has 4 unspecified atom stereocenters. The second-order valence-electron chi connectivity index (χ2n) is 7.62. The molecular formula is C21H22ClN3O3. The predicted octanol–water partition coefficient (Wildman–Crippen LogP) is 3.66. The molecule has 0 saturated heterocycles. The number of carboxylic acid groups (broad SMARTS) is 1. The number of hydrogen-bond acceptors (Lipinski definition) is 3. The maximum atomic E-state index is 13.0. The van der Waals surface area contributed by atoms with Crippen molar-refractivity contribution >= 4 is 29.2 Å². The molecular weight excluding hydrogens is 378 g/mol. The highest BCUT2D eigenvalue weighted by atomic mass is 35.5. The van der Waals surface area contributed by atoms with Gasteiger partial charge in [0.15, 0.2) is 0 Å². The molecule has 0 aliphatic heterocycles. The average molecular weight is 400 g/mol. The Bertz CT molecular complexity index is 981. The van der Waals surface area contributed by atoms with Crippen LogP contribution in [0.25, 0.3) is 0 Å². The van der Waals surface area contributed by atoms with Crippen LogP contribution in [0.2, 0.25) is 5.02 Å². The maximum Gasteiger partial charge on any atom is 0.307 e. The van der Waals surface area contributed by atoms with Crippen LogP contribution in [0, 0.1) is 37.5 Å². The zero-order chi connectivity index (χ0) is 20.0. The summed E-state index contributed by atoms with van der Waals surface area (Å²) >= 11 is 6.25. The first-order chi connectivity index (χ1) is 13.4. The van der Waals surface area contributed by atoms with Crippen molar-refractivity contribution in [3.63, 3.8) is 0 Å². The zero-order valence-electron chi connectivity index (χ0n) is 15.7. The minimum absolute atomic E-state index is 0.00937. The molecule has 1 heterocycles. The van der Waals surface area contributed by atoms with Crippen LogP contribution in [0.15, 0.2) is 36.4 Å². The Hall–Kier alpha value is -2.60. The first kappa shape index (κ1) is 18.7. The summed E-state index contributed by atoms with van der Waals surface area (Å²) in [5.74, 6) is -2.41. The summed E-state index contributed by atoms with van der Waals surface area (Å²) in [6.07, 6.45) is 4.65. The van der Waals surface area contributed by atoms with E-state index in [0.717, 1.165) is 17.7 Å². The van der Waals surface area contributed by atoms with Gasteiger partial charge in [-0.2, -0.15) is 5.10 Å². The highest BCUT2D eigenvalue weighted by Gasteiger charge is 2.51. The van der Waals surface area contributed by atoms with Gasteiger partial charge >= 0.3 is 5.97 Å². The Morgan fingerprint density at radius 3 is 2.57 bits per heavy atom. The topological polar surface area (TPSA) is 84.2 Å². The lowest BCUT2D eigenvalue weighted by atomic mass is 9.82. The van der Waals surface area contributed by atoms with Crippen LogP contribution in [-0.2, 0) is 16.1 Å². The Labute approximate surface area is 168 Å². The molecule has 2 bridgehead atoms. The molecule has 1 amide bonds. The van der Waals surface area contributed by atoms with Crippen LogP contribution in [0.1, 0.15) is 23.4 Å². The molecule has 0 spiro atoms. The lowest BCUT2D eigenvalue weighted by Gasteiger charge is -2.23. The summed E-state index contributed by atoms with van der Waals surface area (Å²) in [5.41, 5.74) is 3.10. The number of nitrogens with zero attached hydrogens (tertiary/aromatic N) is 2. The van der Waals surface area contributed by atoms with E-state index in [-0.39, 0.29) is 17.7 Å². The van der Waals surface area contributed by atoms with Crippen molar-refractivity contribution in [2.75, 3.05) is 5.32 Å². The Kier molecular flexibility index (Phi) is 4.75. The van der Waals surface area contributed by atoms with Gasteiger partial charge in [-0.15, -0.1) is 0 Å². The summed E-state index contributed by atoms with van der Waals surface area (Å²) in [5, 5.41) is 17.7. The van der Waals surface area contributed by atoms with Crippen molar-refractivity contribution in [1.29, 1.82) is 0 Å². The Morgan fingerprint density at radius 1 is 1.21 bits per heavy atom. The highest BCUT2D eigenvalue weighted by Crippen LogP contribution is 2.48. The Balaban J connectivity index is 1.56. The maximum absolute atomic E-state index is 13.0. The number of carbonyl (C=O) groups excluding carboxylic acids is 1. The summed E-state index contributed by atoms with van der Waals surface area (Å²) < 4.78 is 1.81. The van der Waals surface area contributed by atoms with Crippen LogP contribution < -0.4 is 5.32 Å². The molecule has 4 atom stereocenters. The van der Waals surface area contributed by atoms with Gasteiger partial charge in [0.25, 0.3) is 0 Å². The normalized spacial score (nSPS) is 25.2. The number of aryl methyl sites for hydroxylation is 1. The third-order valence-electron chi connectivity index (χ3n) is 5.95. The number of nitrogens with one attached hydrogen (secondary N) is 1. The molecule has 2 aliphatic rings. The SMILES string of the molecule is Cc1nn(Cc2ccccc2Cl)c(C)c1NC(=O)C1C2C=CC(C2)C1C(=O)O. The number of carbonyl (C=O) groups is 2. The van der Waals surface area contributed by atoms with Crippen molar-refractivity contribution in [1.82, 2.24) is 9.78 Å². The first-order valence-electron chi connectivity index (χ1n) is 9.36. The van der Waals surface area contributed by atoms with Gasteiger partial charge in [0, 0.05) is 5.02 Å². The fourth-order valence-electron chi connectivity index (χ4n) is 4.54. The van der Waals surface area contributed by atoms with E-state index >= 15 is 0 Å². The molecule has 1 aromatic heterocycles. The smallest absolute Gasteiger partial charge is 0.307 e. The molecule has 2 aromatic rings. The van der Waals surface area contributed by atoms with Crippen molar-refractivity contribution in [3.05, 3.63) is 58.4 Å². The van der Waals surface area contributed by atoms with E-state index in [1.54, 1.807) is 0 Å². The molecule has 146 valence electrons. The van der Waals surface area contributed by atoms with Crippen molar-refractivity contribution in [2.24, 2.45) is 23.7 Å². The second kappa shape index (κ2) is 7.09. The fraction of sp³-hybridized carbons (Fsp3) is 0.381. The molecule has 6 nitrogen and oxygen atoms in total. The number of anilines is 1. The van der Waals surface area contributed by atoms with Crippen LogP contribution in [0.4, 0.5) is 5.69 Å². The molecule has 1 aromatic carbocycles. The van der Waals surface area contributed by atoms with Crippen LogP contribution in [-0.4, -0.2) is 26.8 Å². The van der Waals surface area contributed by atoms with E-state index in [9.17, 15) is 14.7 Å². The predicted molar refractivity (Wildman–Crippen MR) is 106 cm³/mol. The summed E-state index contributed by atoms with van der Waals surface area (Å²) in [6.45, 7) is 4.22. The quantitative estimate of drug-likeness (QED) is 0.751. The largest absolute Gasteiger partial charge is 0.481 e. The van der Waals surface area contributed by atoms with Gasteiger partial charge < -0.3 is 10.4 Å². The number of amides is 1. The van der Waals surface area contributed by atoms with Gasteiger partial charge in [0.05, 0.1) is 35.5 Å². The molecule has 2 N–H and O–H groups in total. The second-order valence-corrected chi connectivity index (χ2v) is 8.03. The average Bonchev–Trinajstić information content (AvgIpc) is 3.33. The summed E-state index contributed by atoms with van der Waals surface area (Å²) in [6, 6.07) is 7.57. The summed E-state index contributed by atoms with van der Waals surface area (Å²) in [4.78, 5) is 24.7. The molecule has 2 aliphatic carbocycles. The van der Waals surface area contributed by atoms with E-state index in [1.807, 2.05) is 54.9 Å². The van der Waals surface area contributed by atoms with Gasteiger partial charge in [-0.25, -0.2) is 0 Å². The molecule has 0 radical (unpaired) electrons. The number of aromatic nitrogens is 2. The van der Waals surface area contributed by atoms with Crippen LogP contribution in [0.3, 0.4) is 0 Å². The van der Waals surface area contributed by atoms with Gasteiger partial charge in [-0.05, 0) is 43.7 Å². The molecule has 7 heteroatoms. The number of carboxylic acids is 1. The first-order valence-corrected chi connectivity index (χ1v) is 9.74. The number of aliphatic carboxylic acids is 1. The monoisotopic (exact) mass is 399 g/mol. The van der Waals surface area contributed by atoms with Crippen molar-refractivity contribution in [3.8, 4) is 0 Å². The van der Waals surface area contributed by atoms with Gasteiger partial charge in [0.1, 0.15) is 0 Å². The van der Waals surface area contributed by atoms with Crippen molar-refractivity contribution < 1.29 is 14.7 Å². The van der Waals surface area contributed by atoms with Crippen LogP contribution >= 0.6 is 11.6 Å². The molecule has 1 fully saturated rings. The number of allylic oxidation sites excluding steroid dienone is 2. The minimum Gasteiger partial charge on any atom is -0.481 e. The van der Waals surface area contributed by atoms with E-state index in [4.69, 9.17) is 11.6 Å². The van der Waals surface area contributed by atoms with Crippen LogP contribution in [0.5, 0.6) is 0 Å². The number of benzene rings is 1. The lowest BCUT2D eigenvalue weighted by Crippen LogP contribution is -2.36. The number of halogens is 1. The zero-order valence-corrected chi connectivity index (χ0v) is 16.5. The van der Waals surface area contributed by atoms with Gasteiger partial charge in [-0.3, -0.25) is 14.3 Å². The molecule has 28 heavy (non-hydrogen) atoms. The van der Waals surface area contributed by atoms with Gasteiger partial charge in [-0.1, -0.05) is 42.0 Å². The van der Waals surface area contributed by atoms with Gasteiger partial charge in [0.2, 0.25) is 5.91 Å². The number of rotatable bonds is 5. The molecule has 1 saturated carbocycles. The Morgan fingerprint density at radius 2 is 1.89 bits per heavy atom. The third kappa shape index (κ3) is 3.11. The van der Waals surface area contributed by atoms with Crippen molar-refractivity contribution in [2.45, 2.75) is 26.8 Å². The fourth-order valence-corrected chi connectivity index (χ4v) is 4.74. The number of fused-ring (bicyclic) bond motifs is 2. The number of hydrogen-bond donors (Lipinski definition) is 2. The van der Waals surface area contributed by atoms with E-state index in [0.29, 0.717) is 22.9 Å². The summed E-state index contributed by atoms with van der Waals surface area (Å²) in [7, 11) is 0. The molecule has 4 rings (SSSR count).